The smallest absolute Gasteiger partial charge is 0.0495 e. The van der Waals surface area contributed by atoms with Crippen LogP contribution in [0.15, 0.2) is 0 Å². The van der Waals surface area contributed by atoms with Crippen LogP contribution in [-0.4, -0.2) is 25.4 Å². The topological polar surface area (TPSA) is 29.5 Å². The van der Waals surface area contributed by atoms with E-state index in [9.17, 15) is 0 Å². The Hall–Kier alpha value is -0.0800. The van der Waals surface area contributed by atoms with Crippen LogP contribution in [0.4, 0.5) is 0 Å². The van der Waals surface area contributed by atoms with Crippen LogP contribution in [0.2, 0.25) is 0 Å². The molecule has 1 aliphatic rings. The summed E-state index contributed by atoms with van der Waals surface area (Å²) in [6.45, 7) is 8.14. The number of methoxy groups -OCH3 is 1. The van der Waals surface area contributed by atoms with Gasteiger partial charge in [0.05, 0.1) is 0 Å². The predicted molar refractivity (Wildman–Crippen MR) is 67.4 cm³/mol. The van der Waals surface area contributed by atoms with Gasteiger partial charge in [-0.05, 0) is 48.9 Å². The molecule has 0 aromatic carbocycles. The average molecular weight is 228 g/mol. The fraction of sp³-hybridized carbons (Fsp3) is 1.00. The number of hydrogen-bond donors (Lipinski definition) is 1. The van der Waals surface area contributed by atoms with Crippen LogP contribution in [0.5, 0.6) is 0 Å². The lowest BCUT2D eigenvalue weighted by molar-refractivity contribution is 0.0763. The van der Waals surface area contributed by atoms with Gasteiger partial charge < -0.3 is 9.84 Å². The highest BCUT2D eigenvalue weighted by Gasteiger charge is 2.42. The molecule has 0 aromatic heterocycles. The zero-order valence-corrected chi connectivity index (χ0v) is 11.3. The third-order valence-electron chi connectivity index (χ3n) is 4.66. The molecule has 0 amide bonds. The standard InChI is InChI=1S/C14H28O2/c1-11(9-15)5-6-12-7-8-13(10-16-4)14(12,2)3/h11-13,15H,5-10H2,1-4H3. The fourth-order valence-corrected chi connectivity index (χ4v) is 3.07. The molecule has 1 fully saturated rings. The summed E-state index contributed by atoms with van der Waals surface area (Å²) >= 11 is 0. The van der Waals surface area contributed by atoms with Crippen molar-refractivity contribution in [2.24, 2.45) is 23.2 Å². The number of aliphatic hydroxyl groups is 1. The molecule has 2 heteroatoms. The normalized spacial score (nSPS) is 30.6. The van der Waals surface area contributed by atoms with E-state index in [-0.39, 0.29) is 0 Å². The van der Waals surface area contributed by atoms with E-state index in [1.54, 1.807) is 7.11 Å². The minimum atomic E-state index is 0.328. The van der Waals surface area contributed by atoms with Crippen molar-refractivity contribution in [2.75, 3.05) is 20.3 Å². The molecule has 0 saturated heterocycles. The van der Waals surface area contributed by atoms with Crippen LogP contribution in [0.25, 0.3) is 0 Å². The van der Waals surface area contributed by atoms with Crippen LogP contribution in [0.3, 0.4) is 0 Å². The van der Waals surface area contributed by atoms with Gasteiger partial charge in [-0.25, -0.2) is 0 Å². The van der Waals surface area contributed by atoms with Crippen molar-refractivity contribution in [3.05, 3.63) is 0 Å². The van der Waals surface area contributed by atoms with Crippen molar-refractivity contribution < 1.29 is 9.84 Å². The highest BCUT2D eigenvalue weighted by atomic mass is 16.5. The molecular formula is C14H28O2. The van der Waals surface area contributed by atoms with E-state index < -0.39 is 0 Å². The SMILES string of the molecule is COCC1CCC(CCC(C)CO)C1(C)C. The number of ether oxygens (including phenoxy) is 1. The summed E-state index contributed by atoms with van der Waals surface area (Å²) in [7, 11) is 1.80. The van der Waals surface area contributed by atoms with Crippen LogP contribution in [-0.2, 0) is 4.74 Å². The number of hydrogen-bond acceptors (Lipinski definition) is 2. The molecule has 0 radical (unpaired) electrons. The molecule has 0 aliphatic heterocycles. The molecule has 0 heterocycles. The van der Waals surface area contributed by atoms with E-state index >= 15 is 0 Å². The van der Waals surface area contributed by atoms with E-state index in [0.717, 1.165) is 18.9 Å². The maximum absolute atomic E-state index is 9.06. The maximum atomic E-state index is 9.06. The van der Waals surface area contributed by atoms with Crippen LogP contribution in [0.1, 0.15) is 46.5 Å². The van der Waals surface area contributed by atoms with E-state index in [4.69, 9.17) is 9.84 Å². The monoisotopic (exact) mass is 228 g/mol. The van der Waals surface area contributed by atoms with E-state index in [1.807, 2.05) is 0 Å². The first-order chi connectivity index (χ1) is 7.52. The van der Waals surface area contributed by atoms with Crippen molar-refractivity contribution >= 4 is 0 Å². The second-order valence-electron chi connectivity index (χ2n) is 6.11. The Bertz CT molecular complexity index is 201. The molecule has 3 atom stereocenters. The minimum absolute atomic E-state index is 0.328. The Balaban J connectivity index is 2.44. The quantitative estimate of drug-likeness (QED) is 0.757. The second-order valence-corrected chi connectivity index (χ2v) is 6.11. The van der Waals surface area contributed by atoms with Crippen LogP contribution >= 0.6 is 0 Å². The Morgan fingerprint density at radius 2 is 1.94 bits per heavy atom. The Morgan fingerprint density at radius 3 is 2.50 bits per heavy atom. The third kappa shape index (κ3) is 3.21. The summed E-state index contributed by atoms with van der Waals surface area (Å²) in [4.78, 5) is 0. The first kappa shape index (κ1) is 14.0. The molecule has 96 valence electrons. The Labute approximate surface area is 100 Å². The van der Waals surface area contributed by atoms with Crippen LogP contribution < -0.4 is 0 Å². The molecule has 16 heavy (non-hydrogen) atoms. The third-order valence-corrected chi connectivity index (χ3v) is 4.66. The largest absolute Gasteiger partial charge is 0.396 e. The summed E-state index contributed by atoms with van der Waals surface area (Å²) in [5, 5.41) is 9.06. The molecule has 1 aliphatic carbocycles. The second kappa shape index (κ2) is 6.02. The molecule has 0 aromatic rings. The van der Waals surface area contributed by atoms with Gasteiger partial charge in [0.25, 0.3) is 0 Å². The van der Waals surface area contributed by atoms with Gasteiger partial charge in [-0.2, -0.15) is 0 Å². The van der Waals surface area contributed by atoms with E-state index in [0.29, 0.717) is 23.9 Å². The van der Waals surface area contributed by atoms with Gasteiger partial charge in [-0.3, -0.25) is 0 Å². The van der Waals surface area contributed by atoms with Crippen molar-refractivity contribution in [1.29, 1.82) is 0 Å². The Kier molecular flexibility index (Phi) is 5.26. The van der Waals surface area contributed by atoms with Crippen molar-refractivity contribution in [3.8, 4) is 0 Å². The summed E-state index contributed by atoms with van der Waals surface area (Å²) in [5.41, 5.74) is 0.408. The molecular weight excluding hydrogens is 200 g/mol. The maximum Gasteiger partial charge on any atom is 0.0495 e. The van der Waals surface area contributed by atoms with Crippen molar-refractivity contribution in [1.82, 2.24) is 0 Å². The van der Waals surface area contributed by atoms with Gasteiger partial charge in [0.1, 0.15) is 0 Å². The molecule has 3 unspecified atom stereocenters. The van der Waals surface area contributed by atoms with Gasteiger partial charge in [-0.1, -0.05) is 20.8 Å². The lowest BCUT2D eigenvalue weighted by Gasteiger charge is -2.33. The molecule has 0 spiro atoms. The highest BCUT2D eigenvalue weighted by molar-refractivity contribution is 4.91. The summed E-state index contributed by atoms with van der Waals surface area (Å²) in [6, 6.07) is 0. The first-order valence-corrected chi connectivity index (χ1v) is 6.62. The van der Waals surface area contributed by atoms with Gasteiger partial charge in [-0.15, -0.1) is 0 Å². The first-order valence-electron chi connectivity index (χ1n) is 6.62. The summed E-state index contributed by atoms with van der Waals surface area (Å²) in [5.74, 6) is 1.98. The van der Waals surface area contributed by atoms with E-state index in [2.05, 4.69) is 20.8 Å². The Morgan fingerprint density at radius 1 is 1.31 bits per heavy atom. The zero-order chi connectivity index (χ0) is 12.2. The molecule has 2 nitrogen and oxygen atoms in total. The van der Waals surface area contributed by atoms with Crippen molar-refractivity contribution in [3.63, 3.8) is 0 Å². The predicted octanol–water partition coefficient (Wildman–Crippen LogP) is 3.09. The molecule has 0 bridgehead atoms. The summed E-state index contributed by atoms with van der Waals surface area (Å²) in [6.07, 6.45) is 5.05. The molecule has 1 rings (SSSR count). The minimum Gasteiger partial charge on any atom is -0.396 e. The number of rotatable bonds is 6. The lowest BCUT2D eigenvalue weighted by atomic mass is 9.73. The van der Waals surface area contributed by atoms with Gasteiger partial charge >= 0.3 is 0 Å². The average Bonchev–Trinajstić information content (AvgIpc) is 2.52. The summed E-state index contributed by atoms with van der Waals surface area (Å²) < 4.78 is 5.32. The van der Waals surface area contributed by atoms with Crippen LogP contribution in [0, 0.1) is 23.2 Å². The van der Waals surface area contributed by atoms with E-state index in [1.165, 1.54) is 19.3 Å². The van der Waals surface area contributed by atoms with Gasteiger partial charge in [0.2, 0.25) is 0 Å². The fourth-order valence-electron chi connectivity index (χ4n) is 3.07. The molecule has 1 saturated carbocycles. The van der Waals surface area contributed by atoms with Gasteiger partial charge in [0, 0.05) is 20.3 Å². The molecule has 1 N–H and O–H groups in total. The zero-order valence-electron chi connectivity index (χ0n) is 11.3. The van der Waals surface area contributed by atoms with Gasteiger partial charge in [0.15, 0.2) is 0 Å². The number of aliphatic hydroxyl groups excluding tert-OH is 1. The lowest BCUT2D eigenvalue weighted by Crippen LogP contribution is -2.28. The van der Waals surface area contributed by atoms with Crippen molar-refractivity contribution in [2.45, 2.75) is 46.5 Å². The highest BCUT2D eigenvalue weighted by Crippen LogP contribution is 2.49.